The number of para-hydroxylation sites is 1. The van der Waals surface area contributed by atoms with Crippen molar-refractivity contribution in [2.24, 2.45) is 11.8 Å². The normalized spacial score (nSPS) is 23.1. The zero-order chi connectivity index (χ0) is 18.1. The quantitative estimate of drug-likeness (QED) is 0.648. The predicted molar refractivity (Wildman–Crippen MR) is 109 cm³/mol. The third-order valence-corrected chi connectivity index (χ3v) is 5.91. The summed E-state index contributed by atoms with van der Waals surface area (Å²) in [6.07, 6.45) is 3.83. The Hall–Kier alpha value is -2.42. The maximum absolute atomic E-state index is 4.94. The Kier molecular flexibility index (Phi) is 4.62. The predicted octanol–water partition coefficient (Wildman–Crippen LogP) is 5.84. The van der Waals surface area contributed by atoms with E-state index in [0.29, 0.717) is 12.0 Å². The molecule has 134 valence electrons. The Balaban J connectivity index is 1.77. The molecule has 3 nitrogen and oxygen atoms in total. The van der Waals surface area contributed by atoms with Crippen LogP contribution in [-0.4, -0.2) is 16.0 Å². The summed E-state index contributed by atoms with van der Waals surface area (Å²) in [6.45, 7) is 6.84. The second kappa shape index (κ2) is 7.06. The van der Waals surface area contributed by atoms with Crippen LogP contribution in [0.25, 0.3) is 22.3 Å². The molecule has 0 bridgehead atoms. The van der Waals surface area contributed by atoms with Crippen molar-refractivity contribution in [2.75, 3.05) is 5.32 Å². The van der Waals surface area contributed by atoms with E-state index in [1.165, 1.54) is 24.8 Å². The number of rotatable bonds is 3. The second-order valence-corrected chi connectivity index (χ2v) is 7.80. The molecule has 1 heterocycles. The van der Waals surface area contributed by atoms with Crippen LogP contribution in [0, 0.1) is 18.8 Å². The van der Waals surface area contributed by atoms with Crippen molar-refractivity contribution in [1.29, 1.82) is 0 Å². The van der Waals surface area contributed by atoms with E-state index in [1.807, 2.05) is 6.07 Å². The number of anilines is 1. The van der Waals surface area contributed by atoms with Gasteiger partial charge >= 0.3 is 0 Å². The molecule has 0 saturated heterocycles. The first-order valence-electron chi connectivity index (χ1n) is 9.72. The minimum absolute atomic E-state index is 0.474. The minimum atomic E-state index is 0.474. The molecule has 0 amide bonds. The molecule has 0 radical (unpaired) electrons. The lowest BCUT2D eigenvalue weighted by Gasteiger charge is -2.35. The largest absolute Gasteiger partial charge is 0.366 e. The summed E-state index contributed by atoms with van der Waals surface area (Å²) in [4.78, 5) is 9.77. The first kappa shape index (κ1) is 17.0. The number of aromatic nitrogens is 2. The molecular weight excluding hydrogens is 318 g/mol. The fourth-order valence-corrected chi connectivity index (χ4v) is 4.06. The second-order valence-electron chi connectivity index (χ2n) is 7.80. The molecule has 1 aliphatic carbocycles. The molecule has 1 saturated carbocycles. The van der Waals surface area contributed by atoms with Crippen molar-refractivity contribution in [1.82, 2.24) is 9.97 Å². The molecule has 1 fully saturated rings. The highest BCUT2D eigenvalue weighted by molar-refractivity contribution is 5.90. The van der Waals surface area contributed by atoms with Gasteiger partial charge in [-0.15, -0.1) is 0 Å². The lowest BCUT2D eigenvalue weighted by Crippen LogP contribution is -2.35. The first-order valence-corrected chi connectivity index (χ1v) is 9.72. The van der Waals surface area contributed by atoms with E-state index in [-0.39, 0.29) is 0 Å². The number of fused-ring (bicyclic) bond motifs is 1. The van der Waals surface area contributed by atoms with Crippen LogP contribution in [0.3, 0.4) is 0 Å². The fourth-order valence-electron chi connectivity index (χ4n) is 4.06. The van der Waals surface area contributed by atoms with Crippen LogP contribution >= 0.6 is 0 Å². The molecule has 0 unspecified atom stereocenters. The highest BCUT2D eigenvalue weighted by Gasteiger charge is 2.27. The van der Waals surface area contributed by atoms with Crippen LogP contribution in [0.1, 0.15) is 38.7 Å². The summed E-state index contributed by atoms with van der Waals surface area (Å²) in [5, 5.41) is 4.88. The number of hydrogen-bond donors (Lipinski definition) is 1. The van der Waals surface area contributed by atoms with Crippen molar-refractivity contribution < 1.29 is 0 Å². The summed E-state index contributed by atoms with van der Waals surface area (Å²) >= 11 is 0. The molecule has 4 rings (SSSR count). The van der Waals surface area contributed by atoms with Gasteiger partial charge in [0.05, 0.1) is 5.52 Å². The van der Waals surface area contributed by atoms with Gasteiger partial charge in [0.25, 0.3) is 0 Å². The van der Waals surface area contributed by atoms with Crippen LogP contribution in [0.4, 0.5) is 5.82 Å². The Morgan fingerprint density at radius 3 is 2.65 bits per heavy atom. The number of nitrogens with zero attached hydrogens (tertiary/aromatic N) is 2. The zero-order valence-electron chi connectivity index (χ0n) is 15.9. The zero-order valence-corrected chi connectivity index (χ0v) is 15.9. The van der Waals surface area contributed by atoms with Gasteiger partial charge < -0.3 is 5.32 Å². The summed E-state index contributed by atoms with van der Waals surface area (Å²) in [7, 11) is 0. The van der Waals surface area contributed by atoms with Crippen LogP contribution in [0.15, 0.2) is 48.5 Å². The molecule has 2 aromatic carbocycles. The van der Waals surface area contributed by atoms with Crippen LogP contribution in [0.2, 0.25) is 0 Å². The lowest BCUT2D eigenvalue weighted by atomic mass is 9.78. The molecule has 26 heavy (non-hydrogen) atoms. The van der Waals surface area contributed by atoms with E-state index >= 15 is 0 Å². The van der Waals surface area contributed by atoms with Gasteiger partial charge in [-0.1, -0.05) is 62.6 Å². The van der Waals surface area contributed by atoms with Gasteiger partial charge in [-0.3, -0.25) is 0 Å². The van der Waals surface area contributed by atoms with Gasteiger partial charge in [-0.05, 0) is 43.4 Å². The van der Waals surface area contributed by atoms with E-state index in [4.69, 9.17) is 9.97 Å². The number of hydrogen-bond acceptors (Lipinski definition) is 3. The molecule has 0 spiro atoms. The van der Waals surface area contributed by atoms with Crippen LogP contribution < -0.4 is 5.32 Å². The summed E-state index contributed by atoms with van der Waals surface area (Å²) < 4.78 is 0. The van der Waals surface area contributed by atoms with Gasteiger partial charge in [0.1, 0.15) is 5.82 Å². The molecule has 3 aromatic rings. The molecule has 1 N–H and O–H groups in total. The van der Waals surface area contributed by atoms with Crippen molar-refractivity contribution in [2.45, 2.75) is 46.1 Å². The van der Waals surface area contributed by atoms with Gasteiger partial charge in [-0.25, -0.2) is 9.97 Å². The van der Waals surface area contributed by atoms with Crippen molar-refractivity contribution in [3.8, 4) is 11.4 Å². The smallest absolute Gasteiger partial charge is 0.162 e. The Morgan fingerprint density at radius 2 is 1.81 bits per heavy atom. The molecule has 3 heteroatoms. The van der Waals surface area contributed by atoms with Crippen molar-refractivity contribution in [3.63, 3.8) is 0 Å². The highest BCUT2D eigenvalue weighted by Crippen LogP contribution is 2.33. The summed E-state index contributed by atoms with van der Waals surface area (Å²) in [6, 6.07) is 17.2. The van der Waals surface area contributed by atoms with Crippen LogP contribution in [-0.2, 0) is 0 Å². The topological polar surface area (TPSA) is 37.8 Å². The minimum Gasteiger partial charge on any atom is -0.366 e. The Labute approximate surface area is 155 Å². The highest BCUT2D eigenvalue weighted by atomic mass is 15.1. The monoisotopic (exact) mass is 345 g/mol. The van der Waals surface area contributed by atoms with Crippen molar-refractivity contribution in [3.05, 3.63) is 54.1 Å². The Bertz CT molecular complexity index is 918. The standard InChI is InChI=1S/C23H27N3/c1-15-8-6-10-18(14-15)22-25-21-12-5-4-11-19(21)23(26-22)24-20-13-7-9-16(2)17(20)3/h4-6,8,10-12,14,16-17,20H,7,9,13H2,1-3H3,(H,24,25,26)/t16-,17+,20-/m1/s1. The summed E-state index contributed by atoms with van der Waals surface area (Å²) in [5.74, 6) is 3.18. The number of aryl methyl sites for hydroxylation is 1. The van der Waals surface area contributed by atoms with Crippen molar-refractivity contribution >= 4 is 16.7 Å². The van der Waals surface area contributed by atoms with E-state index in [9.17, 15) is 0 Å². The van der Waals surface area contributed by atoms with E-state index < -0.39 is 0 Å². The Morgan fingerprint density at radius 1 is 0.962 bits per heavy atom. The molecular formula is C23H27N3. The molecule has 3 atom stereocenters. The third kappa shape index (κ3) is 3.31. The average Bonchev–Trinajstić information content (AvgIpc) is 2.65. The van der Waals surface area contributed by atoms with Crippen LogP contribution in [0.5, 0.6) is 0 Å². The SMILES string of the molecule is Cc1cccc(-c2nc(N[C@@H]3CCC[C@@H](C)[C@@H]3C)c3ccccc3n2)c1. The third-order valence-electron chi connectivity index (χ3n) is 5.91. The first-order chi connectivity index (χ1) is 12.6. The fraction of sp³-hybridized carbons (Fsp3) is 0.391. The van der Waals surface area contributed by atoms with Gasteiger partial charge in [-0.2, -0.15) is 0 Å². The maximum Gasteiger partial charge on any atom is 0.162 e. The van der Waals surface area contributed by atoms with E-state index in [2.05, 4.69) is 68.6 Å². The van der Waals surface area contributed by atoms with E-state index in [0.717, 1.165) is 34.0 Å². The molecule has 1 aromatic heterocycles. The maximum atomic E-state index is 4.94. The van der Waals surface area contributed by atoms with E-state index in [1.54, 1.807) is 0 Å². The van der Waals surface area contributed by atoms with Gasteiger partial charge in [0, 0.05) is 17.0 Å². The number of nitrogens with one attached hydrogen (secondary N) is 1. The summed E-state index contributed by atoms with van der Waals surface area (Å²) in [5.41, 5.74) is 3.30. The van der Waals surface area contributed by atoms with Gasteiger partial charge in [0.15, 0.2) is 5.82 Å². The van der Waals surface area contributed by atoms with Gasteiger partial charge in [0.2, 0.25) is 0 Å². The average molecular weight is 345 g/mol. The molecule has 0 aliphatic heterocycles. The number of benzene rings is 2. The molecule has 1 aliphatic rings. The lowest BCUT2D eigenvalue weighted by molar-refractivity contribution is 0.253.